The highest BCUT2D eigenvalue weighted by Crippen LogP contribution is 2.20. The van der Waals surface area contributed by atoms with Gasteiger partial charge in [0.15, 0.2) is 0 Å². The van der Waals surface area contributed by atoms with Gasteiger partial charge in [-0.25, -0.2) is 0 Å². The molecule has 0 unspecified atom stereocenters. The van der Waals surface area contributed by atoms with Crippen LogP contribution >= 0.6 is 12.4 Å². The molecule has 0 aliphatic carbocycles. The number of rotatable bonds is 1. The zero-order valence-electron chi connectivity index (χ0n) is 6.58. The molecule has 1 aliphatic heterocycles. The lowest BCUT2D eigenvalue weighted by atomic mass is 10.0. The first-order valence-electron chi connectivity index (χ1n) is 3.57. The normalized spacial score (nSPS) is 33.9. The Morgan fingerprint density at radius 1 is 1.60 bits per heavy atom. The molecule has 3 heteroatoms. The minimum atomic E-state index is 0. The van der Waals surface area contributed by atoms with E-state index in [9.17, 15) is 0 Å². The molecule has 0 spiro atoms. The van der Waals surface area contributed by atoms with Gasteiger partial charge in [-0.3, -0.25) is 0 Å². The first kappa shape index (κ1) is 10.2. The van der Waals surface area contributed by atoms with Crippen LogP contribution in [0.5, 0.6) is 0 Å². The molecular formula is C7H16ClNO. The maximum atomic E-state index is 8.83. The van der Waals surface area contributed by atoms with E-state index in [0.717, 1.165) is 13.0 Å². The van der Waals surface area contributed by atoms with Crippen LogP contribution < -0.4 is 0 Å². The molecule has 1 saturated heterocycles. The average Bonchev–Trinajstić information content (AvgIpc) is 2.15. The van der Waals surface area contributed by atoms with Crippen molar-refractivity contribution in [3.8, 4) is 0 Å². The van der Waals surface area contributed by atoms with Gasteiger partial charge in [-0.15, -0.1) is 12.4 Å². The molecule has 0 radical (unpaired) electrons. The van der Waals surface area contributed by atoms with E-state index in [1.165, 1.54) is 0 Å². The molecule has 1 rings (SSSR count). The number of hydrogen-bond acceptors (Lipinski definition) is 2. The summed E-state index contributed by atoms with van der Waals surface area (Å²) < 4.78 is 0. The van der Waals surface area contributed by atoms with Crippen LogP contribution in [0.15, 0.2) is 0 Å². The van der Waals surface area contributed by atoms with Crippen molar-refractivity contribution >= 4 is 12.4 Å². The van der Waals surface area contributed by atoms with Gasteiger partial charge < -0.3 is 10.0 Å². The van der Waals surface area contributed by atoms with Crippen LogP contribution in [0.1, 0.15) is 13.3 Å². The first-order valence-corrected chi connectivity index (χ1v) is 3.57. The smallest absolute Gasteiger partial charge is 0.0474 e. The van der Waals surface area contributed by atoms with Crippen molar-refractivity contribution in [1.29, 1.82) is 0 Å². The summed E-state index contributed by atoms with van der Waals surface area (Å²) in [4.78, 5) is 2.29. The summed E-state index contributed by atoms with van der Waals surface area (Å²) in [5.74, 6) is 0.523. The van der Waals surface area contributed by atoms with E-state index in [1.54, 1.807) is 0 Å². The number of hydrogen-bond donors (Lipinski definition) is 1. The summed E-state index contributed by atoms with van der Waals surface area (Å²) in [7, 11) is 2.11. The molecular weight excluding hydrogens is 150 g/mol. The lowest BCUT2D eigenvalue weighted by Crippen LogP contribution is -2.27. The maximum absolute atomic E-state index is 8.83. The van der Waals surface area contributed by atoms with Crippen molar-refractivity contribution in [3.05, 3.63) is 0 Å². The fraction of sp³-hybridized carbons (Fsp3) is 1.00. The van der Waals surface area contributed by atoms with Gasteiger partial charge >= 0.3 is 0 Å². The van der Waals surface area contributed by atoms with Gasteiger partial charge in [-0.2, -0.15) is 0 Å². The van der Waals surface area contributed by atoms with Crippen molar-refractivity contribution in [2.75, 3.05) is 20.2 Å². The largest absolute Gasteiger partial charge is 0.396 e. The summed E-state index contributed by atoms with van der Waals surface area (Å²) in [5.41, 5.74) is 0. The fourth-order valence-corrected chi connectivity index (χ4v) is 1.42. The van der Waals surface area contributed by atoms with Crippen molar-refractivity contribution in [1.82, 2.24) is 4.90 Å². The number of halogens is 1. The average molecular weight is 166 g/mol. The Labute approximate surface area is 68.6 Å². The minimum Gasteiger partial charge on any atom is -0.396 e. The molecule has 0 amide bonds. The summed E-state index contributed by atoms with van der Waals surface area (Å²) in [6.45, 7) is 3.67. The van der Waals surface area contributed by atoms with E-state index in [1.807, 2.05) is 0 Å². The van der Waals surface area contributed by atoms with E-state index in [4.69, 9.17) is 5.11 Å². The molecule has 10 heavy (non-hydrogen) atoms. The van der Waals surface area contributed by atoms with Gasteiger partial charge in [0.1, 0.15) is 0 Å². The van der Waals surface area contributed by atoms with Crippen LogP contribution in [-0.2, 0) is 0 Å². The van der Waals surface area contributed by atoms with Crippen molar-refractivity contribution in [3.63, 3.8) is 0 Å². The van der Waals surface area contributed by atoms with Gasteiger partial charge in [-0.05, 0) is 32.9 Å². The highest BCUT2D eigenvalue weighted by atomic mass is 35.5. The van der Waals surface area contributed by atoms with Crippen LogP contribution in [0.4, 0.5) is 0 Å². The standard InChI is InChI=1S/C7H15NO.ClH/c1-6-7(5-9)3-4-8(6)2;/h6-7,9H,3-5H2,1-2H3;1H/t6-,7+;/m1./s1. The Kier molecular flexibility index (Phi) is 4.25. The van der Waals surface area contributed by atoms with Crippen LogP contribution in [0.3, 0.4) is 0 Å². The monoisotopic (exact) mass is 165 g/mol. The molecule has 1 aliphatic rings. The van der Waals surface area contributed by atoms with Crippen LogP contribution in [-0.4, -0.2) is 36.2 Å². The topological polar surface area (TPSA) is 23.5 Å². The third-order valence-corrected chi connectivity index (χ3v) is 2.46. The highest BCUT2D eigenvalue weighted by molar-refractivity contribution is 5.85. The number of aliphatic hydroxyl groups is 1. The fourth-order valence-electron chi connectivity index (χ4n) is 1.42. The molecule has 62 valence electrons. The lowest BCUT2D eigenvalue weighted by molar-refractivity contribution is 0.191. The second-order valence-electron chi connectivity index (χ2n) is 2.95. The van der Waals surface area contributed by atoms with Crippen LogP contribution in [0, 0.1) is 5.92 Å². The summed E-state index contributed by atoms with van der Waals surface area (Å²) in [5, 5.41) is 8.83. The third kappa shape index (κ3) is 1.84. The van der Waals surface area contributed by atoms with Gasteiger partial charge in [-0.1, -0.05) is 0 Å². The minimum absolute atomic E-state index is 0. The molecule has 2 nitrogen and oxygen atoms in total. The Balaban J connectivity index is 0.000000810. The van der Waals surface area contributed by atoms with E-state index in [-0.39, 0.29) is 12.4 Å². The molecule has 0 saturated carbocycles. The van der Waals surface area contributed by atoms with Gasteiger partial charge in [0.25, 0.3) is 0 Å². The van der Waals surface area contributed by atoms with E-state index < -0.39 is 0 Å². The Bertz CT molecular complexity index is 99.6. The van der Waals surface area contributed by atoms with Crippen molar-refractivity contribution in [2.24, 2.45) is 5.92 Å². The highest BCUT2D eigenvalue weighted by Gasteiger charge is 2.26. The van der Waals surface area contributed by atoms with E-state index >= 15 is 0 Å². The Morgan fingerprint density at radius 2 is 2.20 bits per heavy atom. The molecule has 1 heterocycles. The second kappa shape index (κ2) is 4.16. The number of nitrogens with zero attached hydrogens (tertiary/aromatic N) is 1. The summed E-state index contributed by atoms with van der Waals surface area (Å²) in [6, 6.07) is 0.579. The first-order chi connectivity index (χ1) is 4.25. The lowest BCUT2D eigenvalue weighted by Gasteiger charge is -2.17. The van der Waals surface area contributed by atoms with Crippen LogP contribution in [0.2, 0.25) is 0 Å². The number of aliphatic hydroxyl groups excluding tert-OH is 1. The maximum Gasteiger partial charge on any atom is 0.0474 e. The van der Waals surface area contributed by atoms with E-state index in [2.05, 4.69) is 18.9 Å². The molecule has 2 atom stereocenters. The predicted octanol–water partition coefficient (Wildman–Crippen LogP) is 0.741. The Morgan fingerprint density at radius 3 is 2.40 bits per heavy atom. The summed E-state index contributed by atoms with van der Waals surface area (Å²) >= 11 is 0. The summed E-state index contributed by atoms with van der Waals surface area (Å²) in [6.07, 6.45) is 1.16. The SMILES string of the molecule is C[C@@H]1[C@H](CO)CCN1C.Cl. The molecule has 1 N–H and O–H groups in total. The van der Waals surface area contributed by atoms with Gasteiger partial charge in [0.05, 0.1) is 0 Å². The van der Waals surface area contributed by atoms with Crippen molar-refractivity contribution < 1.29 is 5.11 Å². The zero-order valence-corrected chi connectivity index (χ0v) is 7.40. The molecule has 0 bridgehead atoms. The Hall–Kier alpha value is 0.210. The second-order valence-corrected chi connectivity index (χ2v) is 2.95. The van der Waals surface area contributed by atoms with Gasteiger partial charge in [0.2, 0.25) is 0 Å². The molecule has 0 aromatic carbocycles. The molecule has 0 aromatic heterocycles. The third-order valence-electron chi connectivity index (χ3n) is 2.46. The van der Waals surface area contributed by atoms with Crippen LogP contribution in [0.25, 0.3) is 0 Å². The molecule has 1 fully saturated rings. The molecule has 0 aromatic rings. The number of likely N-dealkylation sites (tertiary alicyclic amines) is 1. The quantitative estimate of drug-likeness (QED) is 0.620. The van der Waals surface area contributed by atoms with Crippen molar-refractivity contribution in [2.45, 2.75) is 19.4 Å². The zero-order chi connectivity index (χ0) is 6.85. The predicted molar refractivity (Wildman–Crippen MR) is 44.5 cm³/mol. The van der Waals surface area contributed by atoms with E-state index in [0.29, 0.717) is 18.6 Å². The van der Waals surface area contributed by atoms with Gasteiger partial charge in [0, 0.05) is 12.6 Å².